The van der Waals surface area contributed by atoms with Crippen molar-refractivity contribution in [1.29, 1.82) is 0 Å². The Labute approximate surface area is 249 Å². The molecule has 2 N–H and O–H groups in total. The predicted octanol–water partition coefficient (Wildman–Crippen LogP) is 4.13. The molecule has 0 bridgehead atoms. The molecule has 1 aromatic heterocycles. The van der Waals surface area contributed by atoms with Gasteiger partial charge in [0, 0.05) is 68.7 Å². The molecule has 0 radical (unpaired) electrons. The maximum atomic E-state index is 13.3. The molecule has 1 aliphatic rings. The van der Waals surface area contributed by atoms with Crippen LogP contribution in [0.5, 0.6) is 11.5 Å². The summed E-state index contributed by atoms with van der Waals surface area (Å²) in [5.74, 6) is 0.503. The zero-order valence-corrected chi connectivity index (χ0v) is 24.7. The van der Waals surface area contributed by atoms with E-state index in [1.807, 2.05) is 18.2 Å². The van der Waals surface area contributed by atoms with Gasteiger partial charge in [0.05, 0.1) is 36.4 Å². The molecule has 216 valence electrons. The maximum Gasteiger partial charge on any atom is 0.247 e. The van der Waals surface area contributed by atoms with Gasteiger partial charge in [0.25, 0.3) is 0 Å². The van der Waals surface area contributed by atoms with Crippen molar-refractivity contribution >= 4 is 52.2 Å². The molecule has 3 aromatic rings. The lowest BCUT2D eigenvalue weighted by atomic mass is 10.0. The van der Waals surface area contributed by atoms with Gasteiger partial charge >= 0.3 is 0 Å². The van der Waals surface area contributed by atoms with Crippen LogP contribution in [-0.2, 0) is 22.4 Å². The summed E-state index contributed by atoms with van der Waals surface area (Å²) in [6.07, 6.45) is 2.93. The third kappa shape index (κ3) is 7.08. The van der Waals surface area contributed by atoms with Crippen molar-refractivity contribution in [3.05, 3.63) is 76.2 Å². The van der Waals surface area contributed by atoms with Crippen molar-refractivity contribution in [3.63, 3.8) is 0 Å². The second kappa shape index (κ2) is 13.7. The number of ether oxygens (including phenoxy) is 2. The van der Waals surface area contributed by atoms with E-state index in [4.69, 9.17) is 32.7 Å². The number of hydrogen-bond donors (Lipinski definition) is 2. The Morgan fingerprint density at radius 2 is 1.78 bits per heavy atom. The molecule has 2 heterocycles. The van der Waals surface area contributed by atoms with Crippen LogP contribution in [0.25, 0.3) is 0 Å². The van der Waals surface area contributed by atoms with Crippen LogP contribution >= 0.6 is 23.2 Å². The molecule has 1 saturated heterocycles. The fourth-order valence-electron chi connectivity index (χ4n) is 4.49. The number of nitrogens with zero attached hydrogens (tertiary/aromatic N) is 4. The quantitative estimate of drug-likeness (QED) is 0.335. The number of likely N-dealkylation sites (N-methyl/N-ethyl adjacent to an activating group) is 1. The van der Waals surface area contributed by atoms with E-state index in [0.717, 1.165) is 37.4 Å². The van der Waals surface area contributed by atoms with Crippen LogP contribution in [0, 0.1) is 0 Å². The van der Waals surface area contributed by atoms with Crippen molar-refractivity contribution in [2.24, 2.45) is 0 Å². The smallest absolute Gasteiger partial charge is 0.247 e. The number of aromatic nitrogens is 2. The summed E-state index contributed by atoms with van der Waals surface area (Å²) in [4.78, 5) is 37.9. The molecule has 1 aliphatic heterocycles. The molecular weight excluding hydrogens is 567 g/mol. The summed E-state index contributed by atoms with van der Waals surface area (Å²) in [6, 6.07) is 9.29. The Hall–Kier alpha value is -3.86. The average Bonchev–Trinajstić information content (AvgIpc) is 3.00. The molecule has 41 heavy (non-hydrogen) atoms. The number of carbonyl (C=O) groups excluding carboxylic acids is 2. The summed E-state index contributed by atoms with van der Waals surface area (Å²) < 4.78 is 10.6. The molecule has 12 heteroatoms. The molecule has 4 rings (SSSR count). The largest absolute Gasteiger partial charge is 0.495 e. The molecule has 0 saturated carbocycles. The first-order valence-electron chi connectivity index (χ1n) is 12.9. The van der Waals surface area contributed by atoms with Gasteiger partial charge in [-0.3, -0.25) is 14.5 Å². The van der Waals surface area contributed by atoms with Gasteiger partial charge in [-0.2, -0.15) is 0 Å². The van der Waals surface area contributed by atoms with Crippen LogP contribution in [-0.4, -0.2) is 69.2 Å². The number of methoxy groups -OCH3 is 2. The van der Waals surface area contributed by atoms with Gasteiger partial charge in [-0.25, -0.2) is 9.97 Å². The van der Waals surface area contributed by atoms with Gasteiger partial charge in [0.2, 0.25) is 11.8 Å². The van der Waals surface area contributed by atoms with Crippen LogP contribution in [0.4, 0.5) is 17.2 Å². The van der Waals surface area contributed by atoms with E-state index in [-0.39, 0.29) is 28.3 Å². The lowest BCUT2D eigenvalue weighted by Gasteiger charge is -2.30. The Kier molecular flexibility index (Phi) is 10.0. The van der Waals surface area contributed by atoms with Crippen LogP contribution in [0.3, 0.4) is 0 Å². The number of rotatable bonds is 10. The zero-order chi connectivity index (χ0) is 29.5. The van der Waals surface area contributed by atoms with Crippen molar-refractivity contribution in [2.45, 2.75) is 12.8 Å². The first-order chi connectivity index (χ1) is 19.7. The molecule has 2 aromatic carbocycles. The van der Waals surface area contributed by atoms with Crippen LogP contribution in [0.15, 0.2) is 49.3 Å². The minimum absolute atomic E-state index is 0.105. The summed E-state index contributed by atoms with van der Waals surface area (Å²) in [5.41, 5.74) is 3.61. The van der Waals surface area contributed by atoms with Crippen LogP contribution in [0.1, 0.15) is 16.8 Å². The Balaban J connectivity index is 1.56. The molecule has 0 atom stereocenters. The molecular formula is C29H32Cl2N6O4. The number of amides is 2. The molecule has 10 nitrogen and oxygen atoms in total. The summed E-state index contributed by atoms with van der Waals surface area (Å²) >= 11 is 12.9. The number of benzene rings is 2. The normalized spacial score (nSPS) is 13.0. The summed E-state index contributed by atoms with van der Waals surface area (Å²) in [7, 11) is 4.56. The second-order valence-electron chi connectivity index (χ2n) is 9.33. The van der Waals surface area contributed by atoms with Crippen molar-refractivity contribution in [2.75, 3.05) is 62.6 Å². The summed E-state index contributed by atoms with van der Waals surface area (Å²) in [5, 5.41) is 6.74. The van der Waals surface area contributed by atoms with Gasteiger partial charge in [-0.15, -0.1) is 0 Å². The highest BCUT2D eigenvalue weighted by Gasteiger charge is 2.22. The van der Waals surface area contributed by atoms with Crippen LogP contribution < -0.4 is 29.9 Å². The van der Waals surface area contributed by atoms with E-state index in [1.165, 1.54) is 31.5 Å². The lowest BCUT2D eigenvalue weighted by molar-refractivity contribution is -0.117. The number of hydrogen-bond acceptors (Lipinski definition) is 8. The molecule has 0 spiro atoms. The number of halogens is 2. The Bertz CT molecular complexity index is 1420. The SMILES string of the molecule is C=CC(=O)Nc1cc(N2CCNCC2)ccc1Cc1cc(N(C)C(=O)Cc2c(Cl)c(OC)cc(OC)c2Cl)ncn1. The number of nitrogens with one attached hydrogen (secondary N) is 2. The lowest BCUT2D eigenvalue weighted by Crippen LogP contribution is -2.43. The topological polar surface area (TPSA) is 109 Å². The molecule has 0 unspecified atom stereocenters. The minimum atomic E-state index is -0.302. The number of carbonyl (C=O) groups is 2. The first-order valence-corrected chi connectivity index (χ1v) is 13.7. The minimum Gasteiger partial charge on any atom is -0.495 e. The standard InChI is InChI=1S/C29H32Cl2N6O4/c1-5-26(38)35-22-14-20(37-10-8-32-9-11-37)7-6-18(22)12-19-13-25(34-17-33-19)36(2)27(39)15-21-28(30)23(40-3)16-24(41-4)29(21)31/h5-7,13-14,16-17,32H,1,8-12,15H2,2-4H3,(H,35,38). The van der Waals surface area contributed by atoms with E-state index in [1.54, 1.807) is 19.2 Å². The average molecular weight is 600 g/mol. The first kappa shape index (κ1) is 30.1. The van der Waals surface area contributed by atoms with E-state index in [2.05, 4.69) is 32.1 Å². The van der Waals surface area contributed by atoms with Crippen LogP contribution in [0.2, 0.25) is 10.0 Å². The van der Waals surface area contributed by atoms with Crippen molar-refractivity contribution < 1.29 is 19.1 Å². The fourth-order valence-corrected chi connectivity index (χ4v) is 5.12. The summed E-state index contributed by atoms with van der Waals surface area (Å²) in [6.45, 7) is 7.12. The van der Waals surface area contributed by atoms with Crippen molar-refractivity contribution in [1.82, 2.24) is 15.3 Å². The monoisotopic (exact) mass is 598 g/mol. The number of piperazine rings is 1. The highest BCUT2D eigenvalue weighted by molar-refractivity contribution is 6.38. The highest BCUT2D eigenvalue weighted by atomic mass is 35.5. The maximum absolute atomic E-state index is 13.3. The van der Waals surface area contributed by atoms with E-state index in [9.17, 15) is 9.59 Å². The van der Waals surface area contributed by atoms with Gasteiger partial charge in [-0.1, -0.05) is 35.8 Å². The predicted molar refractivity (Wildman–Crippen MR) is 162 cm³/mol. The van der Waals surface area contributed by atoms with E-state index < -0.39 is 0 Å². The second-order valence-corrected chi connectivity index (χ2v) is 10.1. The van der Waals surface area contributed by atoms with Gasteiger partial charge in [0.15, 0.2) is 0 Å². The van der Waals surface area contributed by atoms with Gasteiger partial charge < -0.3 is 25.0 Å². The zero-order valence-electron chi connectivity index (χ0n) is 23.2. The molecule has 0 aliphatic carbocycles. The Morgan fingerprint density at radius 1 is 1.10 bits per heavy atom. The van der Waals surface area contributed by atoms with E-state index >= 15 is 0 Å². The Morgan fingerprint density at radius 3 is 2.41 bits per heavy atom. The number of anilines is 3. The fraction of sp³-hybridized carbons (Fsp3) is 0.310. The third-order valence-corrected chi connectivity index (χ3v) is 7.64. The highest BCUT2D eigenvalue weighted by Crippen LogP contribution is 2.40. The molecule has 1 fully saturated rings. The van der Waals surface area contributed by atoms with E-state index in [0.29, 0.717) is 40.7 Å². The van der Waals surface area contributed by atoms with Gasteiger partial charge in [0.1, 0.15) is 23.6 Å². The van der Waals surface area contributed by atoms with Gasteiger partial charge in [-0.05, 0) is 23.8 Å². The molecule has 2 amide bonds. The third-order valence-electron chi connectivity index (χ3n) is 6.81. The van der Waals surface area contributed by atoms with Crippen molar-refractivity contribution in [3.8, 4) is 11.5 Å².